The lowest BCUT2D eigenvalue weighted by Gasteiger charge is -2.03. The van der Waals surface area contributed by atoms with Crippen LogP contribution in [0.3, 0.4) is 0 Å². The maximum absolute atomic E-state index is 5.43. The minimum atomic E-state index is 0.817. The minimum absolute atomic E-state index is 0.817. The van der Waals surface area contributed by atoms with Crippen molar-refractivity contribution >= 4 is 42.6 Å². The average Bonchev–Trinajstić information content (AvgIpc) is 2.75. The summed E-state index contributed by atoms with van der Waals surface area (Å²) in [6.45, 7) is 4.70. The highest BCUT2D eigenvalue weighted by atomic mass is 79.9. The van der Waals surface area contributed by atoms with E-state index in [1.165, 1.54) is 4.70 Å². The van der Waals surface area contributed by atoms with Crippen LogP contribution in [0.15, 0.2) is 22.7 Å². The standard InChI is InChI=1S/C13H17BrN2OS/c1-2-7-17-8-3-6-15-13-16-11-5-4-10(14)9-12(11)18-13/h4-5,9H,2-3,6-8H2,1H3,(H,15,16). The fourth-order valence-corrected chi connectivity index (χ4v) is 3.03. The summed E-state index contributed by atoms with van der Waals surface area (Å²) < 4.78 is 7.73. The summed E-state index contributed by atoms with van der Waals surface area (Å²) >= 11 is 5.16. The molecule has 2 aromatic rings. The van der Waals surface area contributed by atoms with Gasteiger partial charge in [-0.2, -0.15) is 0 Å². The van der Waals surface area contributed by atoms with Crippen LogP contribution in [0.25, 0.3) is 10.2 Å². The van der Waals surface area contributed by atoms with Gasteiger partial charge in [0.05, 0.1) is 10.2 Å². The molecule has 0 atom stereocenters. The number of ether oxygens (including phenoxy) is 1. The molecule has 1 heterocycles. The summed E-state index contributed by atoms with van der Waals surface area (Å²) in [7, 11) is 0. The Labute approximate surface area is 120 Å². The number of nitrogens with one attached hydrogen (secondary N) is 1. The Balaban J connectivity index is 1.81. The van der Waals surface area contributed by atoms with Crippen molar-refractivity contribution in [2.24, 2.45) is 0 Å². The van der Waals surface area contributed by atoms with E-state index < -0.39 is 0 Å². The average molecular weight is 329 g/mol. The molecular formula is C13H17BrN2OS. The van der Waals surface area contributed by atoms with Crippen LogP contribution in [0.2, 0.25) is 0 Å². The van der Waals surface area contributed by atoms with E-state index in [4.69, 9.17) is 4.74 Å². The number of aromatic nitrogens is 1. The van der Waals surface area contributed by atoms with Crippen molar-refractivity contribution in [1.82, 2.24) is 4.98 Å². The van der Waals surface area contributed by atoms with Crippen LogP contribution in [-0.4, -0.2) is 24.7 Å². The quantitative estimate of drug-likeness (QED) is 0.770. The van der Waals surface area contributed by atoms with Crippen molar-refractivity contribution in [3.05, 3.63) is 22.7 Å². The van der Waals surface area contributed by atoms with Gasteiger partial charge in [0.25, 0.3) is 0 Å². The van der Waals surface area contributed by atoms with Crippen LogP contribution >= 0.6 is 27.3 Å². The molecule has 0 saturated heterocycles. The van der Waals surface area contributed by atoms with E-state index in [2.05, 4.69) is 39.2 Å². The molecule has 3 nitrogen and oxygen atoms in total. The zero-order chi connectivity index (χ0) is 12.8. The Hall–Kier alpha value is -0.650. The lowest BCUT2D eigenvalue weighted by Crippen LogP contribution is -2.05. The van der Waals surface area contributed by atoms with Crippen LogP contribution in [0, 0.1) is 0 Å². The van der Waals surface area contributed by atoms with Crippen molar-refractivity contribution in [3.63, 3.8) is 0 Å². The molecule has 1 aromatic carbocycles. The van der Waals surface area contributed by atoms with Gasteiger partial charge < -0.3 is 10.1 Å². The van der Waals surface area contributed by atoms with E-state index in [0.29, 0.717) is 0 Å². The van der Waals surface area contributed by atoms with Crippen LogP contribution in [0.1, 0.15) is 19.8 Å². The van der Waals surface area contributed by atoms with Gasteiger partial charge in [-0.3, -0.25) is 0 Å². The number of thiazole rings is 1. The van der Waals surface area contributed by atoms with E-state index in [-0.39, 0.29) is 0 Å². The molecule has 0 spiro atoms. The molecule has 18 heavy (non-hydrogen) atoms. The van der Waals surface area contributed by atoms with E-state index in [1.54, 1.807) is 11.3 Å². The number of halogens is 1. The van der Waals surface area contributed by atoms with Gasteiger partial charge in [0.15, 0.2) is 5.13 Å². The summed E-state index contributed by atoms with van der Waals surface area (Å²) in [5, 5.41) is 4.33. The third-order valence-corrected chi connectivity index (χ3v) is 3.91. The zero-order valence-corrected chi connectivity index (χ0v) is 12.8. The predicted molar refractivity (Wildman–Crippen MR) is 81.5 cm³/mol. The summed E-state index contributed by atoms with van der Waals surface area (Å²) in [6, 6.07) is 6.15. The Morgan fingerprint density at radius 3 is 3.11 bits per heavy atom. The molecule has 0 aliphatic heterocycles. The Morgan fingerprint density at radius 1 is 1.39 bits per heavy atom. The van der Waals surface area contributed by atoms with Crippen molar-refractivity contribution in [3.8, 4) is 0 Å². The summed E-state index contributed by atoms with van der Waals surface area (Å²) in [5.41, 5.74) is 1.05. The monoisotopic (exact) mass is 328 g/mol. The van der Waals surface area contributed by atoms with E-state index in [0.717, 1.165) is 47.7 Å². The first-order valence-electron chi connectivity index (χ1n) is 6.17. The molecule has 1 aromatic heterocycles. The van der Waals surface area contributed by atoms with Crippen LogP contribution in [0.5, 0.6) is 0 Å². The second-order valence-electron chi connectivity index (χ2n) is 4.02. The third-order valence-electron chi connectivity index (χ3n) is 2.44. The second kappa shape index (κ2) is 7.07. The Morgan fingerprint density at radius 2 is 2.28 bits per heavy atom. The fraction of sp³-hybridized carbons (Fsp3) is 0.462. The molecule has 0 aliphatic carbocycles. The molecular weight excluding hydrogens is 312 g/mol. The normalized spacial score (nSPS) is 11.0. The Kier molecular flexibility index (Phi) is 5.41. The maximum Gasteiger partial charge on any atom is 0.183 e. The van der Waals surface area contributed by atoms with Crippen LogP contribution in [-0.2, 0) is 4.74 Å². The molecule has 0 bridgehead atoms. The molecule has 5 heteroatoms. The fourth-order valence-electron chi connectivity index (χ4n) is 1.59. The Bertz CT molecular complexity index is 501. The van der Waals surface area contributed by atoms with Gasteiger partial charge >= 0.3 is 0 Å². The number of anilines is 1. The van der Waals surface area contributed by atoms with Crippen molar-refractivity contribution < 1.29 is 4.74 Å². The maximum atomic E-state index is 5.43. The smallest absolute Gasteiger partial charge is 0.183 e. The molecule has 0 radical (unpaired) electrons. The van der Waals surface area contributed by atoms with E-state index in [9.17, 15) is 0 Å². The van der Waals surface area contributed by atoms with Gasteiger partial charge in [-0.15, -0.1) is 0 Å². The van der Waals surface area contributed by atoms with Crippen molar-refractivity contribution in [2.75, 3.05) is 25.1 Å². The van der Waals surface area contributed by atoms with Crippen molar-refractivity contribution in [1.29, 1.82) is 0 Å². The molecule has 98 valence electrons. The van der Waals surface area contributed by atoms with E-state index >= 15 is 0 Å². The molecule has 2 rings (SSSR count). The SMILES string of the molecule is CCCOCCCNc1nc2ccc(Br)cc2s1. The topological polar surface area (TPSA) is 34.1 Å². The number of hydrogen-bond acceptors (Lipinski definition) is 4. The largest absolute Gasteiger partial charge is 0.381 e. The second-order valence-corrected chi connectivity index (χ2v) is 5.97. The third kappa shape index (κ3) is 3.93. The van der Waals surface area contributed by atoms with Crippen LogP contribution < -0.4 is 5.32 Å². The first-order chi connectivity index (χ1) is 8.79. The summed E-state index contributed by atoms with van der Waals surface area (Å²) in [4.78, 5) is 4.53. The number of fused-ring (bicyclic) bond motifs is 1. The van der Waals surface area contributed by atoms with Gasteiger partial charge in [-0.05, 0) is 31.0 Å². The first-order valence-corrected chi connectivity index (χ1v) is 7.78. The number of nitrogens with zero attached hydrogens (tertiary/aromatic N) is 1. The molecule has 0 fully saturated rings. The van der Waals surface area contributed by atoms with Gasteiger partial charge in [0, 0.05) is 24.2 Å². The highest BCUT2D eigenvalue weighted by Gasteiger charge is 2.03. The van der Waals surface area contributed by atoms with Gasteiger partial charge in [0.2, 0.25) is 0 Å². The number of rotatable bonds is 7. The molecule has 0 amide bonds. The summed E-state index contributed by atoms with van der Waals surface area (Å²) in [5.74, 6) is 0. The lowest BCUT2D eigenvalue weighted by molar-refractivity contribution is 0.134. The highest BCUT2D eigenvalue weighted by Crippen LogP contribution is 2.28. The van der Waals surface area contributed by atoms with E-state index in [1.807, 2.05) is 12.1 Å². The number of benzene rings is 1. The lowest BCUT2D eigenvalue weighted by atomic mass is 10.3. The molecule has 0 aliphatic rings. The number of hydrogen-bond donors (Lipinski definition) is 1. The minimum Gasteiger partial charge on any atom is -0.381 e. The first kappa shape index (κ1) is 13.8. The van der Waals surface area contributed by atoms with Gasteiger partial charge in [-0.1, -0.05) is 34.2 Å². The van der Waals surface area contributed by atoms with Crippen molar-refractivity contribution in [2.45, 2.75) is 19.8 Å². The molecule has 0 unspecified atom stereocenters. The molecule has 1 N–H and O–H groups in total. The van der Waals surface area contributed by atoms with Gasteiger partial charge in [0.1, 0.15) is 0 Å². The molecule has 0 saturated carbocycles. The highest BCUT2D eigenvalue weighted by molar-refractivity contribution is 9.10. The predicted octanol–water partition coefficient (Wildman–Crippen LogP) is 4.29. The van der Waals surface area contributed by atoms with Crippen LogP contribution in [0.4, 0.5) is 5.13 Å². The van der Waals surface area contributed by atoms with Gasteiger partial charge in [-0.25, -0.2) is 4.98 Å². The zero-order valence-electron chi connectivity index (χ0n) is 10.4. The summed E-state index contributed by atoms with van der Waals surface area (Å²) in [6.07, 6.45) is 2.10.